The second-order valence-corrected chi connectivity index (χ2v) is 7.83. The van der Waals surface area contributed by atoms with E-state index in [9.17, 15) is 14.4 Å². The number of methoxy groups -OCH3 is 1. The van der Waals surface area contributed by atoms with Crippen LogP contribution in [0.3, 0.4) is 0 Å². The normalized spacial score (nSPS) is 26.7. The third-order valence-electron chi connectivity index (χ3n) is 6.21. The van der Waals surface area contributed by atoms with Crippen LogP contribution in [0.2, 0.25) is 0 Å². The summed E-state index contributed by atoms with van der Waals surface area (Å²) in [6.07, 6.45) is -0.306. The third-order valence-corrected chi connectivity index (χ3v) is 6.21. The largest absolute Gasteiger partial charge is 0.467 e. The van der Waals surface area contributed by atoms with Crippen molar-refractivity contribution < 1.29 is 23.9 Å². The number of esters is 1. The maximum Gasteiger partial charge on any atom is 0.346 e. The average Bonchev–Trinajstić information content (AvgIpc) is 2.97. The van der Waals surface area contributed by atoms with Gasteiger partial charge in [0, 0.05) is 25.2 Å². The van der Waals surface area contributed by atoms with Gasteiger partial charge in [-0.25, -0.2) is 4.79 Å². The van der Waals surface area contributed by atoms with E-state index in [0.717, 1.165) is 27.1 Å². The lowest BCUT2D eigenvalue weighted by Gasteiger charge is -2.33. The molecule has 5 heteroatoms. The second kappa shape index (κ2) is 6.49. The summed E-state index contributed by atoms with van der Waals surface area (Å²) in [6, 6.07) is 17.7. The molecule has 0 aromatic heterocycles. The Morgan fingerprint density at radius 3 is 2.21 bits per heavy atom. The number of carbonyl (C=O) groups is 3. The number of fused-ring (bicyclic) bond motifs is 4. The van der Waals surface area contributed by atoms with Crippen LogP contribution in [0.15, 0.2) is 54.6 Å². The molecule has 3 aromatic carbocycles. The summed E-state index contributed by atoms with van der Waals surface area (Å²) >= 11 is 0. The predicted octanol–water partition coefficient (Wildman–Crippen LogP) is 3.71. The first-order chi connectivity index (χ1) is 14.0. The maximum atomic E-state index is 13.2. The smallest absolute Gasteiger partial charge is 0.346 e. The summed E-state index contributed by atoms with van der Waals surface area (Å²) in [7, 11) is 1.26. The molecule has 0 spiro atoms. The first-order valence-corrected chi connectivity index (χ1v) is 9.76. The molecule has 0 aliphatic carbocycles. The lowest BCUT2D eigenvalue weighted by Crippen LogP contribution is -2.51. The summed E-state index contributed by atoms with van der Waals surface area (Å²) in [5, 5.41) is 3.79. The van der Waals surface area contributed by atoms with Crippen LogP contribution >= 0.6 is 0 Å². The molecule has 2 saturated heterocycles. The van der Waals surface area contributed by atoms with Crippen molar-refractivity contribution in [3.8, 4) is 0 Å². The zero-order valence-corrected chi connectivity index (χ0v) is 16.0. The van der Waals surface area contributed by atoms with E-state index in [1.54, 1.807) is 0 Å². The van der Waals surface area contributed by atoms with Gasteiger partial charge in [0.05, 0.1) is 13.2 Å². The van der Waals surface area contributed by atoms with Gasteiger partial charge in [-0.15, -0.1) is 0 Å². The summed E-state index contributed by atoms with van der Waals surface area (Å²) in [5.41, 5.74) is -0.980. The topological polar surface area (TPSA) is 69.7 Å². The maximum absolute atomic E-state index is 13.2. The predicted molar refractivity (Wildman–Crippen MR) is 108 cm³/mol. The lowest BCUT2D eigenvalue weighted by atomic mass is 9.72. The summed E-state index contributed by atoms with van der Waals surface area (Å²) in [4.78, 5) is 38.9. The highest BCUT2D eigenvalue weighted by Crippen LogP contribution is 2.49. The summed E-state index contributed by atoms with van der Waals surface area (Å²) < 4.78 is 11.1. The Morgan fingerprint density at radius 2 is 1.59 bits per heavy atom. The fraction of sp³-hybridized carbons (Fsp3) is 0.292. The van der Waals surface area contributed by atoms with Gasteiger partial charge in [0.15, 0.2) is 5.78 Å². The molecule has 2 aliphatic heterocycles. The SMILES string of the molecule is COC(=O)[C@]12O[C@H](CC(=O)C[C@@H]1c1c3ccccc3cc3ccccc13)CC2=O. The van der Waals surface area contributed by atoms with E-state index in [1.165, 1.54) is 7.11 Å². The number of Topliss-reactive ketones (excluding diaryl/α,β-unsaturated/α-hetero) is 2. The van der Waals surface area contributed by atoms with Crippen molar-refractivity contribution in [1.82, 2.24) is 0 Å². The van der Waals surface area contributed by atoms with Crippen molar-refractivity contribution >= 4 is 39.1 Å². The fourth-order valence-corrected chi connectivity index (χ4v) is 5.01. The van der Waals surface area contributed by atoms with Crippen molar-refractivity contribution in [1.29, 1.82) is 0 Å². The van der Waals surface area contributed by atoms with Gasteiger partial charge in [0.2, 0.25) is 5.60 Å². The molecular formula is C24H20O5. The van der Waals surface area contributed by atoms with Crippen LogP contribution in [0, 0.1) is 0 Å². The molecule has 146 valence electrons. The van der Waals surface area contributed by atoms with Gasteiger partial charge in [-0.05, 0) is 33.2 Å². The molecule has 5 nitrogen and oxygen atoms in total. The van der Waals surface area contributed by atoms with Gasteiger partial charge in [-0.2, -0.15) is 0 Å². The summed E-state index contributed by atoms with van der Waals surface area (Å²) in [5.74, 6) is -1.76. The first-order valence-electron chi connectivity index (χ1n) is 9.76. The van der Waals surface area contributed by atoms with E-state index < -0.39 is 23.6 Å². The molecular weight excluding hydrogens is 368 g/mol. The zero-order valence-electron chi connectivity index (χ0n) is 16.0. The average molecular weight is 388 g/mol. The number of carbonyl (C=O) groups excluding carboxylic acids is 3. The van der Waals surface area contributed by atoms with Crippen LogP contribution < -0.4 is 0 Å². The first kappa shape index (κ1) is 18.0. The number of rotatable bonds is 2. The van der Waals surface area contributed by atoms with E-state index in [1.807, 2.05) is 48.5 Å². The van der Waals surface area contributed by atoms with Crippen molar-refractivity contribution in [2.45, 2.75) is 36.9 Å². The fourth-order valence-electron chi connectivity index (χ4n) is 5.01. The quantitative estimate of drug-likeness (QED) is 0.380. The molecule has 2 aliphatic rings. The molecule has 3 atom stereocenters. The highest BCUT2D eigenvalue weighted by molar-refractivity contribution is 6.13. The number of hydrogen-bond acceptors (Lipinski definition) is 5. The van der Waals surface area contributed by atoms with E-state index in [2.05, 4.69) is 6.07 Å². The Labute approximate surface area is 167 Å². The highest BCUT2D eigenvalue weighted by Gasteiger charge is 2.62. The molecule has 3 aromatic rings. The van der Waals surface area contributed by atoms with Gasteiger partial charge < -0.3 is 9.47 Å². The Morgan fingerprint density at radius 1 is 0.966 bits per heavy atom. The number of ketones is 2. The third kappa shape index (κ3) is 2.54. The van der Waals surface area contributed by atoms with Crippen molar-refractivity contribution in [3.63, 3.8) is 0 Å². The molecule has 0 saturated carbocycles. The monoisotopic (exact) mass is 388 g/mol. The number of ether oxygens (including phenoxy) is 2. The van der Waals surface area contributed by atoms with Crippen LogP contribution in [-0.2, 0) is 23.9 Å². The Balaban J connectivity index is 1.89. The Kier molecular flexibility index (Phi) is 4.03. The molecule has 0 amide bonds. The van der Waals surface area contributed by atoms with Gasteiger partial charge in [0.1, 0.15) is 5.78 Å². The summed E-state index contributed by atoms with van der Waals surface area (Å²) in [6.45, 7) is 0. The van der Waals surface area contributed by atoms with E-state index >= 15 is 0 Å². The van der Waals surface area contributed by atoms with E-state index in [4.69, 9.17) is 9.47 Å². The standard InChI is InChI=1S/C24H20O5/c1-28-23(27)24-20(12-16(25)11-17(29-24)13-21(24)26)22-18-8-4-2-6-14(18)10-15-7-3-5-9-19(15)22/h2-10,17,20H,11-13H2,1H3/t17-,20-,24+/m1/s1. The van der Waals surface area contributed by atoms with Crippen LogP contribution in [0.25, 0.3) is 21.5 Å². The van der Waals surface area contributed by atoms with Crippen LogP contribution in [0.1, 0.15) is 30.7 Å². The minimum absolute atomic E-state index is 0.00436. The van der Waals surface area contributed by atoms with Crippen LogP contribution in [0.4, 0.5) is 0 Å². The molecule has 0 unspecified atom stereocenters. The Hall–Kier alpha value is -3.05. The van der Waals surface area contributed by atoms with Crippen LogP contribution in [0.5, 0.6) is 0 Å². The molecule has 2 bridgehead atoms. The van der Waals surface area contributed by atoms with Gasteiger partial charge in [-0.1, -0.05) is 48.5 Å². The highest BCUT2D eigenvalue weighted by atomic mass is 16.6. The second-order valence-electron chi connectivity index (χ2n) is 7.83. The van der Waals surface area contributed by atoms with Gasteiger partial charge in [0.25, 0.3) is 0 Å². The molecule has 5 rings (SSSR count). The number of hydrogen-bond donors (Lipinski definition) is 0. The molecule has 29 heavy (non-hydrogen) atoms. The van der Waals surface area contributed by atoms with E-state index in [-0.39, 0.29) is 30.8 Å². The number of benzene rings is 3. The zero-order chi connectivity index (χ0) is 20.2. The van der Waals surface area contributed by atoms with Crippen molar-refractivity contribution in [2.24, 2.45) is 0 Å². The van der Waals surface area contributed by atoms with Crippen molar-refractivity contribution in [2.75, 3.05) is 7.11 Å². The minimum Gasteiger partial charge on any atom is -0.467 e. The van der Waals surface area contributed by atoms with Crippen LogP contribution in [-0.4, -0.2) is 36.4 Å². The van der Waals surface area contributed by atoms with Gasteiger partial charge in [-0.3, -0.25) is 9.59 Å². The lowest BCUT2D eigenvalue weighted by molar-refractivity contribution is -0.172. The minimum atomic E-state index is -1.78. The van der Waals surface area contributed by atoms with Crippen molar-refractivity contribution in [3.05, 3.63) is 60.2 Å². The molecule has 2 heterocycles. The van der Waals surface area contributed by atoms with E-state index in [0.29, 0.717) is 0 Å². The van der Waals surface area contributed by atoms with Gasteiger partial charge >= 0.3 is 5.97 Å². The Bertz CT molecular complexity index is 1120. The molecule has 2 fully saturated rings. The molecule has 0 radical (unpaired) electrons. The molecule has 0 N–H and O–H groups in total.